The van der Waals surface area contributed by atoms with Crippen LogP contribution in [-0.4, -0.2) is 68.4 Å². The molecule has 0 spiro atoms. The summed E-state index contributed by atoms with van der Waals surface area (Å²) in [4.78, 5) is 31.4. The lowest BCUT2D eigenvalue weighted by atomic mass is 9.91. The molecule has 2 atom stereocenters. The number of hydrogen-bond acceptors (Lipinski definition) is 5. The van der Waals surface area contributed by atoms with E-state index in [4.69, 9.17) is 9.47 Å². The quantitative estimate of drug-likeness (QED) is 0.587. The molecule has 3 rings (SSSR count). The van der Waals surface area contributed by atoms with Gasteiger partial charge in [-0.3, -0.25) is 9.69 Å². The fourth-order valence-corrected chi connectivity index (χ4v) is 5.15. The average Bonchev–Trinajstić information content (AvgIpc) is 2.77. The van der Waals surface area contributed by atoms with Crippen LogP contribution in [-0.2, 0) is 14.3 Å². The summed E-state index contributed by atoms with van der Waals surface area (Å²) in [5.74, 6) is 0.332. The largest absolute Gasteiger partial charge is 0.446 e. The summed E-state index contributed by atoms with van der Waals surface area (Å²) in [6, 6.07) is 6.68. The molecule has 0 aliphatic carbocycles. The fraction of sp³-hybridized carbons (Fsp3) is 0.692. The van der Waals surface area contributed by atoms with Crippen molar-refractivity contribution in [3.05, 3.63) is 23.8 Å². The highest BCUT2D eigenvalue weighted by Gasteiger charge is 2.35. The minimum Gasteiger partial charge on any atom is -0.446 e. The third-order valence-corrected chi connectivity index (χ3v) is 6.76. The predicted molar refractivity (Wildman–Crippen MR) is 132 cm³/mol. The van der Waals surface area contributed by atoms with Crippen molar-refractivity contribution in [1.82, 2.24) is 4.90 Å². The molecule has 0 saturated carbocycles. The van der Waals surface area contributed by atoms with Crippen LogP contribution in [0.15, 0.2) is 18.2 Å². The summed E-state index contributed by atoms with van der Waals surface area (Å²) in [6.07, 6.45) is 3.73. The Kier molecular flexibility index (Phi) is 8.76. The average molecular weight is 460 g/mol. The first-order chi connectivity index (χ1) is 15.7. The van der Waals surface area contributed by atoms with Crippen molar-refractivity contribution in [2.75, 3.05) is 43.2 Å². The predicted octanol–water partition coefficient (Wildman–Crippen LogP) is 4.79. The number of carbonyl (C=O) groups excluding carboxylic acids is 2. The molecule has 0 bridgehead atoms. The first-order valence-electron chi connectivity index (χ1n) is 12.4. The van der Waals surface area contributed by atoms with Gasteiger partial charge in [0, 0.05) is 39.3 Å². The maximum atomic E-state index is 13.0. The molecule has 7 heteroatoms. The van der Waals surface area contributed by atoms with Crippen molar-refractivity contribution in [3.63, 3.8) is 0 Å². The van der Waals surface area contributed by atoms with Crippen molar-refractivity contribution in [3.8, 4) is 0 Å². The van der Waals surface area contributed by atoms with Crippen LogP contribution in [0.4, 0.5) is 16.2 Å². The minimum atomic E-state index is -0.357. The van der Waals surface area contributed by atoms with Crippen LogP contribution in [0.1, 0.15) is 71.8 Å². The van der Waals surface area contributed by atoms with Crippen LogP contribution in [0, 0.1) is 0 Å². The van der Waals surface area contributed by atoms with Crippen LogP contribution >= 0.6 is 0 Å². The maximum absolute atomic E-state index is 13.0. The van der Waals surface area contributed by atoms with Crippen LogP contribution in [0.5, 0.6) is 0 Å². The Labute approximate surface area is 199 Å². The summed E-state index contributed by atoms with van der Waals surface area (Å²) in [5, 5.41) is 0. The molecule has 1 saturated heterocycles. The molecule has 1 aromatic rings. The first-order valence-corrected chi connectivity index (χ1v) is 12.4. The maximum Gasteiger partial charge on any atom is 0.414 e. The zero-order chi connectivity index (χ0) is 24.1. The second kappa shape index (κ2) is 11.3. The van der Waals surface area contributed by atoms with Gasteiger partial charge in [0.05, 0.1) is 23.5 Å². The van der Waals surface area contributed by atoms with Crippen LogP contribution in [0.3, 0.4) is 0 Å². The van der Waals surface area contributed by atoms with E-state index in [2.05, 4.69) is 31.0 Å². The monoisotopic (exact) mass is 459 g/mol. The SMILES string of the molecule is CCCC(CN(C)C1CCOCC1)c1ccc2c(c1)N(C(=O)OC(C)C)CC(C)N2C(C)=O. The summed E-state index contributed by atoms with van der Waals surface area (Å²) in [7, 11) is 2.21. The molecule has 2 aliphatic rings. The Morgan fingerprint density at radius 3 is 2.52 bits per heavy atom. The number of likely N-dealkylation sites (N-methyl/N-ethyl adjacent to an activating group) is 1. The zero-order valence-electron chi connectivity index (χ0n) is 21.2. The highest BCUT2D eigenvalue weighted by atomic mass is 16.6. The number of ether oxygens (including phenoxy) is 2. The molecular formula is C26H41N3O4. The Balaban J connectivity index is 1.93. The molecule has 1 fully saturated rings. The first kappa shape index (κ1) is 25.5. The van der Waals surface area contributed by atoms with E-state index in [0.29, 0.717) is 18.5 Å². The molecule has 2 unspecified atom stereocenters. The zero-order valence-corrected chi connectivity index (χ0v) is 21.2. The van der Waals surface area contributed by atoms with Gasteiger partial charge >= 0.3 is 6.09 Å². The molecule has 184 valence electrons. The molecule has 2 heterocycles. The van der Waals surface area contributed by atoms with Crippen molar-refractivity contribution in [2.24, 2.45) is 0 Å². The number of benzene rings is 1. The van der Waals surface area contributed by atoms with E-state index in [1.807, 2.05) is 26.8 Å². The van der Waals surface area contributed by atoms with Gasteiger partial charge in [-0.15, -0.1) is 0 Å². The van der Waals surface area contributed by atoms with Crippen LogP contribution in [0.25, 0.3) is 0 Å². The molecule has 2 aliphatic heterocycles. The standard InChI is InChI=1S/C26H41N3O4/c1-7-8-22(17-27(6)23-11-13-32-14-12-23)21-9-10-24-25(15-21)28(26(31)33-18(2)3)16-19(4)29(24)20(5)30/h9-10,15,18-19,22-23H,7-8,11-14,16-17H2,1-6H3. The van der Waals surface area contributed by atoms with Gasteiger partial charge in [-0.2, -0.15) is 0 Å². The molecule has 0 N–H and O–H groups in total. The second-order valence-corrected chi connectivity index (χ2v) is 9.80. The van der Waals surface area contributed by atoms with E-state index in [1.165, 1.54) is 5.56 Å². The normalized spacial score (nSPS) is 20.2. The van der Waals surface area contributed by atoms with Crippen molar-refractivity contribution < 1.29 is 19.1 Å². The van der Waals surface area contributed by atoms with E-state index in [-0.39, 0.29) is 24.1 Å². The minimum absolute atomic E-state index is 0.0160. The topological polar surface area (TPSA) is 62.3 Å². The van der Waals surface area contributed by atoms with Gasteiger partial charge in [-0.05, 0) is 70.7 Å². The Bertz CT molecular complexity index is 822. The van der Waals surface area contributed by atoms with Crippen molar-refractivity contribution in [1.29, 1.82) is 0 Å². The lowest BCUT2D eigenvalue weighted by molar-refractivity contribution is -0.117. The lowest BCUT2D eigenvalue weighted by Crippen LogP contribution is -2.51. The van der Waals surface area contributed by atoms with Gasteiger partial charge in [0.25, 0.3) is 0 Å². The molecule has 7 nitrogen and oxygen atoms in total. The van der Waals surface area contributed by atoms with E-state index in [9.17, 15) is 9.59 Å². The summed E-state index contributed by atoms with van der Waals surface area (Å²) < 4.78 is 11.1. The number of rotatable bonds is 7. The summed E-state index contributed by atoms with van der Waals surface area (Å²) >= 11 is 0. The Morgan fingerprint density at radius 1 is 1.21 bits per heavy atom. The number of nitrogens with zero attached hydrogens (tertiary/aromatic N) is 3. The van der Waals surface area contributed by atoms with Gasteiger partial charge in [0.15, 0.2) is 0 Å². The van der Waals surface area contributed by atoms with E-state index < -0.39 is 0 Å². The number of carbonyl (C=O) groups is 2. The smallest absolute Gasteiger partial charge is 0.414 e. The lowest BCUT2D eigenvalue weighted by Gasteiger charge is -2.41. The van der Waals surface area contributed by atoms with Gasteiger partial charge < -0.3 is 19.3 Å². The van der Waals surface area contributed by atoms with E-state index >= 15 is 0 Å². The van der Waals surface area contributed by atoms with Gasteiger partial charge in [0.2, 0.25) is 5.91 Å². The molecule has 1 aromatic carbocycles. The molecule has 2 amide bonds. The molecule has 0 radical (unpaired) electrons. The fourth-order valence-electron chi connectivity index (χ4n) is 5.15. The number of fused-ring (bicyclic) bond motifs is 1. The molecule has 33 heavy (non-hydrogen) atoms. The summed E-state index contributed by atoms with van der Waals surface area (Å²) in [5.41, 5.74) is 2.75. The highest BCUT2D eigenvalue weighted by Crippen LogP contribution is 2.39. The van der Waals surface area contributed by atoms with Crippen molar-refractivity contribution in [2.45, 2.75) is 84.4 Å². The van der Waals surface area contributed by atoms with Gasteiger partial charge in [-0.25, -0.2) is 4.79 Å². The molecular weight excluding hydrogens is 418 g/mol. The third-order valence-electron chi connectivity index (χ3n) is 6.76. The van der Waals surface area contributed by atoms with Crippen LogP contribution in [0.2, 0.25) is 0 Å². The van der Waals surface area contributed by atoms with Gasteiger partial charge in [0.1, 0.15) is 0 Å². The highest BCUT2D eigenvalue weighted by molar-refractivity contribution is 6.02. The second-order valence-electron chi connectivity index (χ2n) is 9.80. The Hall–Kier alpha value is -2.12. The van der Waals surface area contributed by atoms with Crippen LogP contribution < -0.4 is 9.80 Å². The van der Waals surface area contributed by atoms with Crippen molar-refractivity contribution >= 4 is 23.4 Å². The summed E-state index contributed by atoms with van der Waals surface area (Å²) in [6.45, 7) is 12.5. The number of hydrogen-bond donors (Lipinski definition) is 0. The van der Waals surface area contributed by atoms with E-state index in [1.54, 1.807) is 16.7 Å². The molecule has 0 aromatic heterocycles. The number of amides is 2. The van der Waals surface area contributed by atoms with E-state index in [0.717, 1.165) is 56.8 Å². The number of anilines is 2. The van der Waals surface area contributed by atoms with Gasteiger partial charge in [-0.1, -0.05) is 19.4 Å². The Morgan fingerprint density at radius 2 is 1.91 bits per heavy atom. The third kappa shape index (κ3) is 6.07.